The molecule has 6 rings (SSSR count). The lowest BCUT2D eigenvalue weighted by Gasteiger charge is -2.34. The van der Waals surface area contributed by atoms with Crippen LogP contribution < -0.4 is 15.5 Å². The number of carbonyl (C=O) groups excluding carboxylic acids is 4. The zero-order valence-corrected chi connectivity index (χ0v) is 28.7. The summed E-state index contributed by atoms with van der Waals surface area (Å²) in [5.41, 5.74) is 2.74. The van der Waals surface area contributed by atoms with E-state index in [0.29, 0.717) is 54.3 Å². The van der Waals surface area contributed by atoms with Crippen molar-refractivity contribution in [3.05, 3.63) is 113 Å². The number of nitrogens with zero attached hydrogens (tertiary/aromatic N) is 4. The van der Waals surface area contributed by atoms with Crippen LogP contribution in [-0.4, -0.2) is 77.7 Å². The Labute approximate surface area is 299 Å². The molecule has 4 aromatic rings. The van der Waals surface area contributed by atoms with Gasteiger partial charge in [-0.2, -0.15) is 13.2 Å². The van der Waals surface area contributed by atoms with Crippen LogP contribution in [0.25, 0.3) is 11.3 Å². The van der Waals surface area contributed by atoms with E-state index in [2.05, 4.69) is 20.5 Å². The predicted molar refractivity (Wildman–Crippen MR) is 191 cm³/mol. The first kappa shape index (κ1) is 36.1. The van der Waals surface area contributed by atoms with Crippen LogP contribution in [0.3, 0.4) is 0 Å². The van der Waals surface area contributed by atoms with Crippen molar-refractivity contribution in [1.29, 1.82) is 0 Å². The van der Waals surface area contributed by atoms with E-state index in [1.54, 1.807) is 46.2 Å². The molecule has 3 aromatic carbocycles. The van der Waals surface area contributed by atoms with Crippen LogP contribution in [0.4, 0.5) is 24.5 Å². The monoisotopic (exact) mass is 712 g/mol. The molecule has 0 radical (unpaired) electrons. The molecule has 2 saturated heterocycles. The van der Waals surface area contributed by atoms with Gasteiger partial charge in [0.25, 0.3) is 17.7 Å². The van der Waals surface area contributed by atoms with Crippen molar-refractivity contribution < 1.29 is 32.3 Å². The fourth-order valence-electron chi connectivity index (χ4n) is 6.46. The second-order valence-electron chi connectivity index (χ2n) is 12.9. The van der Waals surface area contributed by atoms with Gasteiger partial charge in [-0.05, 0) is 85.5 Å². The number of carbonyl (C=O) groups is 4. The van der Waals surface area contributed by atoms with E-state index < -0.39 is 23.6 Å². The molecule has 2 aliphatic rings. The SMILES string of the molecule is CC(=O)N1CCN(C(=O)c2cccc(C(=O)Nc3ccc(N4CCCCC4)cc3-c3cc(C(=O)NCc4cccc(C(F)(F)F)c4)ccn3)c2)CC1. The van der Waals surface area contributed by atoms with Crippen LogP contribution >= 0.6 is 0 Å². The van der Waals surface area contributed by atoms with Gasteiger partial charge in [0.05, 0.1) is 16.9 Å². The Balaban J connectivity index is 1.23. The molecule has 13 heteroatoms. The van der Waals surface area contributed by atoms with Crippen molar-refractivity contribution >= 4 is 35.0 Å². The molecule has 0 bridgehead atoms. The molecule has 2 N–H and O–H groups in total. The maximum atomic E-state index is 13.7. The zero-order valence-electron chi connectivity index (χ0n) is 28.7. The van der Waals surface area contributed by atoms with Crippen LogP contribution in [0.2, 0.25) is 0 Å². The molecule has 3 heterocycles. The number of piperazine rings is 1. The molecule has 52 heavy (non-hydrogen) atoms. The lowest BCUT2D eigenvalue weighted by atomic mass is 10.0. The van der Waals surface area contributed by atoms with Crippen molar-refractivity contribution in [2.75, 3.05) is 49.5 Å². The summed E-state index contributed by atoms with van der Waals surface area (Å²) in [6, 6.07) is 20.0. The molecule has 1 aromatic heterocycles. The fraction of sp³-hybridized carbons (Fsp3) is 0.308. The first-order chi connectivity index (χ1) is 25.0. The molecular formula is C39H39F3N6O4. The predicted octanol–water partition coefficient (Wildman–Crippen LogP) is 6.24. The van der Waals surface area contributed by atoms with Gasteiger partial charge in [0, 0.05) is 86.9 Å². The van der Waals surface area contributed by atoms with E-state index >= 15 is 0 Å². The number of piperidine rings is 1. The number of hydrogen-bond acceptors (Lipinski definition) is 6. The number of hydrogen-bond donors (Lipinski definition) is 2. The van der Waals surface area contributed by atoms with Crippen LogP contribution in [-0.2, 0) is 17.5 Å². The Kier molecular flexibility index (Phi) is 10.9. The summed E-state index contributed by atoms with van der Waals surface area (Å²) in [4.78, 5) is 62.1. The van der Waals surface area contributed by atoms with Crippen molar-refractivity contribution in [2.24, 2.45) is 0 Å². The normalized spacial score (nSPS) is 14.9. The minimum atomic E-state index is -4.50. The number of amides is 4. The Hall–Kier alpha value is -5.72. The Morgan fingerprint density at radius 2 is 1.42 bits per heavy atom. The first-order valence-electron chi connectivity index (χ1n) is 17.2. The summed E-state index contributed by atoms with van der Waals surface area (Å²) in [5.74, 6) is -1.20. The van der Waals surface area contributed by atoms with E-state index in [1.807, 2.05) is 12.1 Å². The fourth-order valence-corrected chi connectivity index (χ4v) is 6.46. The quantitative estimate of drug-likeness (QED) is 0.224. The van der Waals surface area contributed by atoms with Crippen LogP contribution in [0.15, 0.2) is 85.1 Å². The van der Waals surface area contributed by atoms with E-state index in [9.17, 15) is 32.3 Å². The van der Waals surface area contributed by atoms with E-state index in [-0.39, 0.29) is 29.5 Å². The molecule has 0 unspecified atom stereocenters. The van der Waals surface area contributed by atoms with E-state index in [4.69, 9.17) is 0 Å². The number of halogens is 3. The Morgan fingerprint density at radius 1 is 0.731 bits per heavy atom. The lowest BCUT2D eigenvalue weighted by Crippen LogP contribution is -2.50. The van der Waals surface area contributed by atoms with Gasteiger partial charge in [0.2, 0.25) is 5.91 Å². The second-order valence-corrected chi connectivity index (χ2v) is 12.9. The number of alkyl halides is 3. The number of rotatable bonds is 8. The highest BCUT2D eigenvalue weighted by Crippen LogP contribution is 2.34. The highest BCUT2D eigenvalue weighted by Gasteiger charge is 2.30. The van der Waals surface area contributed by atoms with Gasteiger partial charge in [0.1, 0.15) is 0 Å². The lowest BCUT2D eigenvalue weighted by molar-refractivity contribution is -0.137. The summed E-state index contributed by atoms with van der Waals surface area (Å²) >= 11 is 0. The Morgan fingerprint density at radius 3 is 2.15 bits per heavy atom. The van der Waals surface area contributed by atoms with Crippen molar-refractivity contribution in [3.63, 3.8) is 0 Å². The molecule has 2 aliphatic heterocycles. The third-order valence-corrected chi connectivity index (χ3v) is 9.36. The van der Waals surface area contributed by atoms with Crippen LogP contribution in [0.5, 0.6) is 0 Å². The van der Waals surface area contributed by atoms with Gasteiger partial charge < -0.3 is 25.3 Å². The third-order valence-electron chi connectivity index (χ3n) is 9.36. The van der Waals surface area contributed by atoms with E-state index in [1.165, 1.54) is 31.3 Å². The number of nitrogens with one attached hydrogen (secondary N) is 2. The highest BCUT2D eigenvalue weighted by atomic mass is 19.4. The van der Waals surface area contributed by atoms with Gasteiger partial charge >= 0.3 is 6.18 Å². The molecule has 10 nitrogen and oxygen atoms in total. The van der Waals surface area contributed by atoms with Gasteiger partial charge in [-0.15, -0.1) is 0 Å². The van der Waals surface area contributed by atoms with Crippen molar-refractivity contribution in [3.8, 4) is 11.3 Å². The van der Waals surface area contributed by atoms with Crippen LogP contribution in [0, 0.1) is 0 Å². The zero-order chi connectivity index (χ0) is 36.8. The van der Waals surface area contributed by atoms with Gasteiger partial charge in [-0.1, -0.05) is 18.2 Å². The summed E-state index contributed by atoms with van der Waals surface area (Å²) in [7, 11) is 0. The summed E-state index contributed by atoms with van der Waals surface area (Å²) in [6.45, 7) is 4.84. The summed E-state index contributed by atoms with van der Waals surface area (Å²) in [6.07, 6.45) is 0.222. The standard InChI is InChI=1S/C39H39F3N6O4/c1-26(49)46-17-19-48(20-18-46)38(52)30-9-6-8-28(22-30)37(51)45-34-12-11-32(47-15-3-2-4-16-47)24-33(34)35-23-29(13-14-43-35)36(50)44-25-27-7-5-10-31(21-27)39(40,41)42/h5-14,21-24H,2-4,15-20,25H2,1H3,(H,44,50)(H,45,51). The van der Waals surface area contributed by atoms with Crippen molar-refractivity contribution in [2.45, 2.75) is 38.9 Å². The molecule has 2 fully saturated rings. The number of pyridine rings is 1. The molecule has 0 atom stereocenters. The average Bonchev–Trinajstić information content (AvgIpc) is 3.17. The highest BCUT2D eigenvalue weighted by molar-refractivity contribution is 6.08. The van der Waals surface area contributed by atoms with Crippen LogP contribution in [0.1, 0.15) is 68.4 Å². The molecule has 0 spiro atoms. The average molecular weight is 713 g/mol. The first-order valence-corrected chi connectivity index (χ1v) is 17.2. The topological polar surface area (TPSA) is 115 Å². The molecule has 4 amide bonds. The van der Waals surface area contributed by atoms with Crippen molar-refractivity contribution in [1.82, 2.24) is 20.1 Å². The molecule has 0 saturated carbocycles. The molecule has 270 valence electrons. The second kappa shape index (κ2) is 15.7. The maximum absolute atomic E-state index is 13.7. The number of aromatic nitrogens is 1. The third kappa shape index (κ3) is 8.59. The minimum Gasteiger partial charge on any atom is -0.372 e. The molecular weight excluding hydrogens is 673 g/mol. The maximum Gasteiger partial charge on any atom is 0.416 e. The van der Waals surface area contributed by atoms with Gasteiger partial charge in [-0.25, -0.2) is 0 Å². The minimum absolute atomic E-state index is 0.0340. The number of benzene rings is 3. The van der Waals surface area contributed by atoms with Gasteiger partial charge in [-0.3, -0.25) is 24.2 Å². The Bertz CT molecular complexity index is 1970. The smallest absolute Gasteiger partial charge is 0.372 e. The molecule has 0 aliphatic carbocycles. The van der Waals surface area contributed by atoms with E-state index in [0.717, 1.165) is 50.2 Å². The largest absolute Gasteiger partial charge is 0.416 e. The summed E-state index contributed by atoms with van der Waals surface area (Å²) < 4.78 is 39.6. The van der Waals surface area contributed by atoms with Gasteiger partial charge in [0.15, 0.2) is 0 Å². The number of anilines is 2. The summed E-state index contributed by atoms with van der Waals surface area (Å²) in [5, 5.41) is 5.66.